The minimum Gasteiger partial charge on any atom is -0.544 e. The van der Waals surface area contributed by atoms with Gasteiger partial charge in [-0.05, 0) is 31.8 Å². The monoisotopic (exact) mass is 217 g/mol. The van der Waals surface area contributed by atoms with E-state index in [9.17, 15) is 0 Å². The molecule has 0 spiro atoms. The van der Waals surface area contributed by atoms with Crippen LogP contribution in [0.1, 0.15) is 11.1 Å². The van der Waals surface area contributed by atoms with Crippen molar-refractivity contribution >= 4 is 14.1 Å². The number of nitrogens with zero attached hydrogens (tertiary/aromatic N) is 1. The molecule has 0 saturated carbocycles. The molecule has 3 heteroatoms. The van der Waals surface area contributed by atoms with Gasteiger partial charge in [0.25, 0.3) is 0 Å². The molecule has 0 radical (unpaired) electrons. The van der Waals surface area contributed by atoms with E-state index in [1.807, 2.05) is 12.1 Å². The Labute approximate surface area is 91.9 Å². The minimum absolute atomic E-state index is 0.632. The van der Waals surface area contributed by atoms with Crippen LogP contribution in [0.15, 0.2) is 30.8 Å². The lowest BCUT2D eigenvalue weighted by atomic mass is 10.1. The van der Waals surface area contributed by atoms with Crippen molar-refractivity contribution in [3.8, 4) is 6.07 Å². The fourth-order valence-corrected chi connectivity index (χ4v) is 2.05. The predicted molar refractivity (Wildman–Crippen MR) is 64.6 cm³/mol. The number of nitriles is 1. The first-order valence-electron chi connectivity index (χ1n) is 4.81. The predicted octanol–water partition coefficient (Wildman–Crippen LogP) is 3.38. The average Bonchev–Trinajstić information content (AvgIpc) is 2.15. The lowest BCUT2D eigenvalue weighted by Crippen LogP contribution is -2.24. The van der Waals surface area contributed by atoms with Gasteiger partial charge in [-0.15, -0.1) is 0 Å². The van der Waals surface area contributed by atoms with E-state index in [1.165, 1.54) is 0 Å². The smallest absolute Gasteiger partial charge is 0.242 e. The van der Waals surface area contributed by atoms with E-state index in [2.05, 4.69) is 32.3 Å². The Morgan fingerprint density at radius 1 is 1.40 bits per heavy atom. The summed E-state index contributed by atoms with van der Waals surface area (Å²) >= 11 is 0. The summed E-state index contributed by atoms with van der Waals surface area (Å²) in [5, 5.41) is 8.76. The third-order valence-electron chi connectivity index (χ3n) is 1.74. The summed E-state index contributed by atoms with van der Waals surface area (Å²) in [6, 6.07) is 9.41. The van der Waals surface area contributed by atoms with Gasteiger partial charge in [0.05, 0.1) is 11.6 Å². The van der Waals surface area contributed by atoms with Crippen molar-refractivity contribution in [3.63, 3.8) is 0 Å². The molecule has 0 aliphatic carbocycles. The largest absolute Gasteiger partial charge is 0.544 e. The fourth-order valence-electron chi connectivity index (χ4n) is 1.19. The topological polar surface area (TPSA) is 33.0 Å². The standard InChI is InChI=1S/C12H15NOSi/c1-10(14-15(2,3)4)12-7-5-6-11(8-12)9-13/h5-8H,1H2,2-4H3. The van der Waals surface area contributed by atoms with Crippen LogP contribution in [0, 0.1) is 11.3 Å². The van der Waals surface area contributed by atoms with Gasteiger partial charge in [0.2, 0.25) is 8.32 Å². The molecule has 0 atom stereocenters. The van der Waals surface area contributed by atoms with E-state index >= 15 is 0 Å². The summed E-state index contributed by atoms with van der Waals surface area (Å²) < 4.78 is 5.76. The molecule has 0 aliphatic rings. The number of hydrogen-bond donors (Lipinski definition) is 0. The third-order valence-corrected chi connectivity index (χ3v) is 2.60. The minimum atomic E-state index is -1.61. The molecular weight excluding hydrogens is 202 g/mol. The summed E-state index contributed by atoms with van der Waals surface area (Å²) in [5.41, 5.74) is 1.52. The molecule has 1 aromatic carbocycles. The molecule has 1 rings (SSSR count). The molecule has 0 N–H and O–H groups in total. The first-order valence-corrected chi connectivity index (χ1v) is 8.22. The molecule has 78 valence electrons. The van der Waals surface area contributed by atoms with Gasteiger partial charge in [-0.2, -0.15) is 5.26 Å². The van der Waals surface area contributed by atoms with Crippen molar-refractivity contribution in [3.05, 3.63) is 42.0 Å². The van der Waals surface area contributed by atoms with E-state index in [1.54, 1.807) is 12.1 Å². The molecule has 0 aliphatic heterocycles. The number of rotatable bonds is 3. The Bertz CT molecular complexity index is 412. The lowest BCUT2D eigenvalue weighted by Gasteiger charge is -2.21. The Kier molecular flexibility index (Phi) is 3.33. The quantitative estimate of drug-likeness (QED) is 0.574. The zero-order chi connectivity index (χ0) is 11.5. The van der Waals surface area contributed by atoms with Gasteiger partial charge in [-0.25, -0.2) is 0 Å². The highest BCUT2D eigenvalue weighted by Crippen LogP contribution is 2.19. The van der Waals surface area contributed by atoms with Gasteiger partial charge in [0.1, 0.15) is 5.76 Å². The molecule has 0 heterocycles. The molecule has 0 saturated heterocycles. The Morgan fingerprint density at radius 3 is 2.60 bits per heavy atom. The number of benzene rings is 1. The van der Waals surface area contributed by atoms with E-state index < -0.39 is 8.32 Å². The average molecular weight is 217 g/mol. The molecule has 15 heavy (non-hydrogen) atoms. The summed E-state index contributed by atoms with van der Waals surface area (Å²) in [6.45, 7) is 10.2. The second-order valence-electron chi connectivity index (χ2n) is 4.33. The Hall–Kier alpha value is -1.53. The zero-order valence-electron chi connectivity index (χ0n) is 9.37. The van der Waals surface area contributed by atoms with E-state index in [0.29, 0.717) is 11.3 Å². The summed E-state index contributed by atoms with van der Waals surface area (Å²) in [7, 11) is -1.61. The van der Waals surface area contributed by atoms with Gasteiger partial charge >= 0.3 is 0 Å². The van der Waals surface area contributed by atoms with E-state index in [-0.39, 0.29) is 0 Å². The van der Waals surface area contributed by atoms with Gasteiger partial charge in [0.15, 0.2) is 0 Å². The SMILES string of the molecule is C=C(O[Si](C)(C)C)c1cccc(C#N)c1. The van der Waals surface area contributed by atoms with Crippen molar-refractivity contribution in [2.24, 2.45) is 0 Å². The van der Waals surface area contributed by atoms with Crippen molar-refractivity contribution in [2.45, 2.75) is 19.6 Å². The van der Waals surface area contributed by atoms with E-state index in [4.69, 9.17) is 9.69 Å². The molecular formula is C12H15NOSi. The Balaban J connectivity index is 2.88. The molecule has 2 nitrogen and oxygen atoms in total. The van der Waals surface area contributed by atoms with Crippen LogP contribution in [-0.4, -0.2) is 8.32 Å². The van der Waals surface area contributed by atoms with Gasteiger partial charge in [-0.3, -0.25) is 0 Å². The molecule has 0 amide bonds. The highest BCUT2D eigenvalue weighted by molar-refractivity contribution is 6.70. The maximum atomic E-state index is 8.76. The molecule has 1 aromatic rings. The van der Waals surface area contributed by atoms with Gasteiger partial charge in [0, 0.05) is 5.56 Å². The van der Waals surface area contributed by atoms with E-state index in [0.717, 1.165) is 5.56 Å². The summed E-state index contributed by atoms with van der Waals surface area (Å²) in [4.78, 5) is 0. The third kappa shape index (κ3) is 3.60. The molecule has 0 fully saturated rings. The summed E-state index contributed by atoms with van der Waals surface area (Å²) in [6.07, 6.45) is 0. The van der Waals surface area contributed by atoms with Crippen LogP contribution in [0.4, 0.5) is 0 Å². The molecule has 0 bridgehead atoms. The molecule has 0 unspecified atom stereocenters. The first kappa shape index (κ1) is 11.5. The van der Waals surface area contributed by atoms with Gasteiger partial charge < -0.3 is 4.43 Å². The van der Waals surface area contributed by atoms with Crippen LogP contribution in [0.25, 0.3) is 5.76 Å². The highest BCUT2D eigenvalue weighted by Gasteiger charge is 2.17. The van der Waals surface area contributed by atoms with Crippen LogP contribution in [0.2, 0.25) is 19.6 Å². The lowest BCUT2D eigenvalue weighted by molar-refractivity contribution is 0.516. The van der Waals surface area contributed by atoms with Gasteiger partial charge in [-0.1, -0.05) is 18.7 Å². The van der Waals surface area contributed by atoms with Crippen molar-refractivity contribution in [1.29, 1.82) is 5.26 Å². The second kappa shape index (κ2) is 4.33. The maximum absolute atomic E-state index is 8.76. The zero-order valence-corrected chi connectivity index (χ0v) is 10.4. The van der Waals surface area contributed by atoms with Crippen molar-refractivity contribution in [2.75, 3.05) is 0 Å². The fraction of sp³-hybridized carbons (Fsp3) is 0.250. The Morgan fingerprint density at radius 2 is 2.07 bits per heavy atom. The van der Waals surface area contributed by atoms with Crippen LogP contribution < -0.4 is 0 Å². The van der Waals surface area contributed by atoms with Crippen LogP contribution in [0.5, 0.6) is 0 Å². The summed E-state index contributed by atoms with van der Waals surface area (Å²) in [5.74, 6) is 0.659. The first-order chi connectivity index (χ1) is 6.92. The van der Waals surface area contributed by atoms with Crippen LogP contribution in [0.3, 0.4) is 0 Å². The second-order valence-corrected chi connectivity index (χ2v) is 8.76. The van der Waals surface area contributed by atoms with Crippen molar-refractivity contribution < 1.29 is 4.43 Å². The normalized spacial score (nSPS) is 10.5. The van der Waals surface area contributed by atoms with Crippen LogP contribution >= 0.6 is 0 Å². The number of hydrogen-bond acceptors (Lipinski definition) is 2. The van der Waals surface area contributed by atoms with Crippen molar-refractivity contribution in [1.82, 2.24) is 0 Å². The maximum Gasteiger partial charge on any atom is 0.242 e. The van der Waals surface area contributed by atoms with Crippen LogP contribution in [-0.2, 0) is 4.43 Å². The molecule has 0 aromatic heterocycles. The highest BCUT2D eigenvalue weighted by atomic mass is 28.4.